The zero-order chi connectivity index (χ0) is 17.0. The van der Waals surface area contributed by atoms with Gasteiger partial charge in [0.05, 0.1) is 12.6 Å². The van der Waals surface area contributed by atoms with E-state index in [-0.39, 0.29) is 18.4 Å². The van der Waals surface area contributed by atoms with Gasteiger partial charge in [0, 0.05) is 19.5 Å². The highest BCUT2D eigenvalue weighted by Crippen LogP contribution is 2.07. The van der Waals surface area contributed by atoms with Gasteiger partial charge in [-0.25, -0.2) is 0 Å². The van der Waals surface area contributed by atoms with E-state index in [9.17, 15) is 14.4 Å². The van der Waals surface area contributed by atoms with Gasteiger partial charge >= 0.3 is 5.97 Å². The Hall–Kier alpha value is -1.27. The number of ketones is 1. The third-order valence-corrected chi connectivity index (χ3v) is 3.53. The highest BCUT2D eigenvalue weighted by molar-refractivity contribution is 5.76. The fraction of sp³-hybridized carbons (Fsp3) is 0.812. The summed E-state index contributed by atoms with van der Waals surface area (Å²) < 4.78 is 0. The van der Waals surface area contributed by atoms with Gasteiger partial charge in [-0.05, 0) is 39.3 Å². The van der Waals surface area contributed by atoms with Crippen LogP contribution in [0.3, 0.4) is 0 Å². The van der Waals surface area contributed by atoms with Crippen molar-refractivity contribution in [3.8, 4) is 0 Å². The highest BCUT2D eigenvalue weighted by Gasteiger charge is 2.19. The molecule has 1 unspecified atom stereocenters. The summed E-state index contributed by atoms with van der Waals surface area (Å²) >= 11 is 0. The zero-order valence-electron chi connectivity index (χ0n) is 14.1. The minimum absolute atomic E-state index is 0.0208. The lowest BCUT2D eigenvalue weighted by Gasteiger charge is -2.30. The molecule has 0 radical (unpaired) electrons. The second-order valence-electron chi connectivity index (χ2n) is 5.65. The highest BCUT2D eigenvalue weighted by atomic mass is 16.4. The predicted molar refractivity (Wildman–Crippen MR) is 86.0 cm³/mol. The van der Waals surface area contributed by atoms with E-state index in [0.29, 0.717) is 25.9 Å². The molecule has 0 amide bonds. The molecule has 6 nitrogen and oxygen atoms in total. The number of carbonyl (C=O) groups excluding carboxylic acids is 2. The lowest BCUT2D eigenvalue weighted by Crippen LogP contribution is -2.43. The van der Waals surface area contributed by atoms with Crippen molar-refractivity contribution in [3.63, 3.8) is 0 Å². The number of Topliss-reactive ketones (excluding diaryl/α,β-unsaturated/α-hetero) is 1. The van der Waals surface area contributed by atoms with Crippen LogP contribution >= 0.6 is 0 Å². The average Bonchev–Trinajstić information content (AvgIpc) is 2.44. The van der Waals surface area contributed by atoms with Crippen LogP contribution in [0.5, 0.6) is 0 Å². The van der Waals surface area contributed by atoms with Gasteiger partial charge in [-0.15, -0.1) is 0 Å². The van der Waals surface area contributed by atoms with E-state index in [1.807, 2.05) is 18.7 Å². The number of hydrogen-bond acceptors (Lipinski definition) is 5. The molecule has 1 N–H and O–H groups in total. The van der Waals surface area contributed by atoms with Crippen molar-refractivity contribution in [2.24, 2.45) is 0 Å². The van der Waals surface area contributed by atoms with Crippen LogP contribution in [-0.4, -0.2) is 71.7 Å². The third kappa shape index (κ3) is 9.63. The summed E-state index contributed by atoms with van der Waals surface area (Å²) in [4.78, 5) is 37.2. The number of aldehydes is 1. The first-order valence-electron chi connectivity index (χ1n) is 8.07. The molecule has 0 fully saturated rings. The number of carbonyl (C=O) groups is 3. The quantitative estimate of drug-likeness (QED) is 0.489. The molecule has 0 aliphatic rings. The maximum Gasteiger partial charge on any atom is 0.317 e. The number of nitrogens with zero attached hydrogens (tertiary/aromatic N) is 2. The first-order chi connectivity index (χ1) is 10.4. The normalized spacial score (nSPS) is 12.6. The van der Waals surface area contributed by atoms with Crippen molar-refractivity contribution in [2.45, 2.75) is 52.5 Å². The van der Waals surface area contributed by atoms with Gasteiger partial charge in [0.2, 0.25) is 0 Å². The van der Waals surface area contributed by atoms with Crippen LogP contribution in [0.25, 0.3) is 0 Å². The molecule has 0 saturated carbocycles. The molecular weight excluding hydrogens is 284 g/mol. The molecule has 128 valence electrons. The molecule has 0 aliphatic heterocycles. The molecule has 0 aromatic rings. The molecule has 22 heavy (non-hydrogen) atoms. The summed E-state index contributed by atoms with van der Waals surface area (Å²) in [6.07, 6.45) is 3.64. The summed E-state index contributed by atoms with van der Waals surface area (Å²) in [5, 5.41) is 8.93. The fourth-order valence-corrected chi connectivity index (χ4v) is 2.47. The minimum Gasteiger partial charge on any atom is -0.480 e. The van der Waals surface area contributed by atoms with E-state index < -0.39 is 5.97 Å². The topological polar surface area (TPSA) is 77.9 Å². The number of rotatable bonds is 14. The number of aliphatic carboxylic acids is 1. The van der Waals surface area contributed by atoms with Crippen LogP contribution in [0.15, 0.2) is 0 Å². The van der Waals surface area contributed by atoms with Crippen LogP contribution in [0.2, 0.25) is 0 Å². The fourth-order valence-electron chi connectivity index (χ4n) is 2.47. The zero-order valence-corrected chi connectivity index (χ0v) is 14.1. The Kier molecular flexibility index (Phi) is 11.6. The maximum atomic E-state index is 11.3. The van der Waals surface area contributed by atoms with Gasteiger partial charge in [-0.3, -0.25) is 14.6 Å². The van der Waals surface area contributed by atoms with Crippen molar-refractivity contribution in [1.29, 1.82) is 0 Å². The Labute approximate surface area is 133 Å². The van der Waals surface area contributed by atoms with E-state index in [1.165, 1.54) is 6.92 Å². The molecule has 0 rings (SSSR count). The van der Waals surface area contributed by atoms with Gasteiger partial charge in [0.1, 0.15) is 12.1 Å². The molecule has 0 heterocycles. The van der Waals surface area contributed by atoms with Crippen LogP contribution in [-0.2, 0) is 14.4 Å². The summed E-state index contributed by atoms with van der Waals surface area (Å²) in [6, 6.07) is -0.267. The molecule has 0 aromatic heterocycles. The predicted octanol–water partition coefficient (Wildman–Crippen LogP) is 1.43. The number of hydrogen-bond donors (Lipinski definition) is 1. The van der Waals surface area contributed by atoms with Crippen LogP contribution in [0.4, 0.5) is 0 Å². The summed E-state index contributed by atoms with van der Waals surface area (Å²) in [6.45, 7) is 8.36. The Morgan fingerprint density at radius 1 is 1.09 bits per heavy atom. The van der Waals surface area contributed by atoms with Crippen molar-refractivity contribution in [1.82, 2.24) is 9.80 Å². The number of carboxylic acids is 1. The van der Waals surface area contributed by atoms with Crippen molar-refractivity contribution in [3.05, 3.63) is 0 Å². The minimum atomic E-state index is -0.834. The van der Waals surface area contributed by atoms with Crippen molar-refractivity contribution < 1.29 is 19.5 Å². The standard InChI is InChI=1S/C16H30N2O4/c1-4-8-17(12-16(21)22)10-11-18(9-5-2)15(13-19)7-6-14(3)20/h13,15H,4-12H2,1-3H3,(H,21,22). The first kappa shape index (κ1) is 20.7. The van der Waals surface area contributed by atoms with Crippen LogP contribution in [0.1, 0.15) is 46.5 Å². The molecule has 0 aliphatic carbocycles. The Bertz CT molecular complexity index is 347. The van der Waals surface area contributed by atoms with Gasteiger partial charge in [-0.2, -0.15) is 0 Å². The van der Waals surface area contributed by atoms with E-state index >= 15 is 0 Å². The molecule has 6 heteroatoms. The van der Waals surface area contributed by atoms with E-state index in [2.05, 4.69) is 4.90 Å². The molecule has 0 bridgehead atoms. The van der Waals surface area contributed by atoms with Crippen LogP contribution < -0.4 is 0 Å². The van der Waals surface area contributed by atoms with Gasteiger partial charge in [0.25, 0.3) is 0 Å². The molecular formula is C16H30N2O4. The second-order valence-corrected chi connectivity index (χ2v) is 5.65. The molecule has 1 atom stereocenters. The maximum absolute atomic E-state index is 11.3. The van der Waals surface area contributed by atoms with Crippen LogP contribution in [0, 0.1) is 0 Å². The van der Waals surface area contributed by atoms with Gasteiger partial charge in [0.15, 0.2) is 0 Å². The number of carboxylic acid groups (broad SMARTS) is 1. The molecule has 0 saturated heterocycles. The Morgan fingerprint density at radius 3 is 2.18 bits per heavy atom. The lowest BCUT2D eigenvalue weighted by molar-refractivity contribution is -0.138. The third-order valence-electron chi connectivity index (χ3n) is 3.53. The van der Waals surface area contributed by atoms with Gasteiger partial charge < -0.3 is 14.7 Å². The largest absolute Gasteiger partial charge is 0.480 e. The second kappa shape index (κ2) is 12.3. The van der Waals surface area contributed by atoms with Gasteiger partial charge in [-0.1, -0.05) is 13.8 Å². The molecule has 0 spiro atoms. The molecule has 0 aromatic carbocycles. The summed E-state index contributed by atoms with van der Waals surface area (Å²) in [5.74, 6) is -0.749. The van der Waals surface area contributed by atoms with E-state index in [1.54, 1.807) is 0 Å². The van der Waals surface area contributed by atoms with Crippen molar-refractivity contribution >= 4 is 18.0 Å². The summed E-state index contributed by atoms with van der Waals surface area (Å²) in [5.41, 5.74) is 0. The monoisotopic (exact) mass is 314 g/mol. The smallest absolute Gasteiger partial charge is 0.317 e. The Morgan fingerprint density at radius 2 is 1.73 bits per heavy atom. The Balaban J connectivity index is 4.59. The van der Waals surface area contributed by atoms with E-state index in [4.69, 9.17) is 5.11 Å². The lowest BCUT2D eigenvalue weighted by atomic mass is 10.1. The average molecular weight is 314 g/mol. The summed E-state index contributed by atoms with van der Waals surface area (Å²) in [7, 11) is 0. The SMILES string of the molecule is CCCN(CCN(CCC)C(C=O)CCC(C)=O)CC(=O)O. The van der Waals surface area contributed by atoms with E-state index in [0.717, 1.165) is 32.2 Å². The van der Waals surface area contributed by atoms with Crippen molar-refractivity contribution in [2.75, 3.05) is 32.7 Å². The first-order valence-corrected chi connectivity index (χ1v) is 8.07.